The van der Waals surface area contributed by atoms with Gasteiger partial charge in [0.05, 0.1) is 6.61 Å². The molecule has 8 atom stereocenters. The van der Waals surface area contributed by atoms with E-state index in [9.17, 15) is 44.6 Å². The van der Waals surface area contributed by atoms with Gasteiger partial charge in [-0.25, -0.2) is 4.57 Å². The van der Waals surface area contributed by atoms with Crippen molar-refractivity contribution in [3.05, 3.63) is 0 Å². The molecule has 13 nitrogen and oxygen atoms in total. The summed E-state index contributed by atoms with van der Waals surface area (Å²) in [5.74, 6) is -1.09. The van der Waals surface area contributed by atoms with Gasteiger partial charge in [-0.15, -0.1) is 0 Å². The topological polar surface area (TPSA) is 210 Å². The fourth-order valence-corrected chi connectivity index (χ4v) is 7.50. The summed E-state index contributed by atoms with van der Waals surface area (Å²) in [4.78, 5) is 35.4. The fourth-order valence-electron chi connectivity index (χ4n) is 6.52. The highest BCUT2D eigenvalue weighted by Gasteiger charge is 2.51. The molecular formula is C39H75O13P. The maximum Gasteiger partial charge on any atom is 0.472 e. The number of hydrogen-bond donors (Lipinski definition) is 6. The molecule has 0 amide bonds. The second-order valence-electron chi connectivity index (χ2n) is 14.9. The van der Waals surface area contributed by atoms with E-state index >= 15 is 0 Å². The van der Waals surface area contributed by atoms with Crippen LogP contribution in [0.1, 0.15) is 181 Å². The van der Waals surface area contributed by atoms with Gasteiger partial charge in [-0.2, -0.15) is 0 Å². The zero-order valence-corrected chi connectivity index (χ0v) is 33.7. The number of esters is 2. The molecule has 314 valence electrons. The van der Waals surface area contributed by atoms with Crippen molar-refractivity contribution in [3.8, 4) is 0 Å². The average Bonchev–Trinajstić information content (AvgIpc) is 3.13. The SMILES string of the molecule is CCCCCCCCCCCCCCCCCC(=O)OC[C@@H](COP(=O)(O)OC1C(O)C(O)C(O)[C@H](O)C1O)OC(=O)CCCCCCCCCCC. The first-order valence-electron chi connectivity index (χ1n) is 20.8. The number of aliphatic hydroxyl groups excluding tert-OH is 5. The van der Waals surface area contributed by atoms with E-state index in [0.717, 1.165) is 44.9 Å². The molecule has 0 heterocycles. The van der Waals surface area contributed by atoms with Crippen LogP contribution in [0.2, 0.25) is 0 Å². The lowest BCUT2D eigenvalue weighted by Crippen LogP contribution is -2.64. The highest BCUT2D eigenvalue weighted by atomic mass is 31.2. The molecule has 53 heavy (non-hydrogen) atoms. The summed E-state index contributed by atoms with van der Waals surface area (Å²) in [7, 11) is -5.10. The Morgan fingerprint density at radius 2 is 0.849 bits per heavy atom. The summed E-state index contributed by atoms with van der Waals surface area (Å²) in [6, 6.07) is 0. The Kier molecular flexibility index (Phi) is 29.2. The van der Waals surface area contributed by atoms with Gasteiger partial charge in [-0.1, -0.05) is 155 Å². The van der Waals surface area contributed by atoms with E-state index in [1.807, 2.05) is 0 Å². The van der Waals surface area contributed by atoms with Crippen molar-refractivity contribution in [1.82, 2.24) is 0 Å². The number of carbonyl (C=O) groups is 2. The largest absolute Gasteiger partial charge is 0.472 e. The maximum atomic E-state index is 12.7. The van der Waals surface area contributed by atoms with Crippen molar-refractivity contribution >= 4 is 19.8 Å². The van der Waals surface area contributed by atoms with Gasteiger partial charge in [-0.05, 0) is 12.8 Å². The molecule has 14 heteroatoms. The Balaban J connectivity index is 2.47. The zero-order chi connectivity index (χ0) is 39.3. The zero-order valence-electron chi connectivity index (χ0n) is 32.8. The van der Waals surface area contributed by atoms with Crippen molar-refractivity contribution in [2.24, 2.45) is 0 Å². The van der Waals surface area contributed by atoms with Crippen LogP contribution in [0.3, 0.4) is 0 Å². The van der Waals surface area contributed by atoms with Gasteiger partial charge >= 0.3 is 19.8 Å². The van der Waals surface area contributed by atoms with Gasteiger partial charge in [0, 0.05) is 12.8 Å². The first kappa shape index (κ1) is 49.9. The molecule has 0 bridgehead atoms. The highest BCUT2D eigenvalue weighted by molar-refractivity contribution is 7.47. The number of hydrogen-bond acceptors (Lipinski definition) is 12. The van der Waals surface area contributed by atoms with Crippen LogP contribution in [0, 0.1) is 0 Å². The number of carbonyl (C=O) groups excluding carboxylic acids is 2. The first-order valence-corrected chi connectivity index (χ1v) is 22.3. The molecule has 0 aromatic heterocycles. The van der Waals surface area contributed by atoms with E-state index in [4.69, 9.17) is 18.5 Å². The van der Waals surface area contributed by atoms with Gasteiger partial charge in [0.25, 0.3) is 0 Å². The van der Waals surface area contributed by atoms with E-state index in [2.05, 4.69) is 13.8 Å². The van der Waals surface area contributed by atoms with Crippen molar-refractivity contribution in [2.75, 3.05) is 13.2 Å². The quantitative estimate of drug-likeness (QED) is 0.0222. The van der Waals surface area contributed by atoms with Crippen molar-refractivity contribution in [3.63, 3.8) is 0 Å². The van der Waals surface area contributed by atoms with Gasteiger partial charge < -0.3 is 39.9 Å². The Bertz CT molecular complexity index is 954. The van der Waals surface area contributed by atoms with Gasteiger partial charge in [0.15, 0.2) is 6.10 Å². The van der Waals surface area contributed by atoms with Crippen LogP contribution in [0.5, 0.6) is 0 Å². The number of phosphoric ester groups is 1. The lowest BCUT2D eigenvalue weighted by atomic mass is 9.85. The molecule has 0 aromatic rings. The van der Waals surface area contributed by atoms with Crippen LogP contribution >= 0.6 is 7.82 Å². The van der Waals surface area contributed by atoms with Crippen LogP contribution in [0.25, 0.3) is 0 Å². The summed E-state index contributed by atoms with van der Waals surface area (Å²) in [6.45, 7) is 3.26. The molecule has 1 saturated carbocycles. The lowest BCUT2D eigenvalue weighted by molar-refractivity contribution is -0.220. The second kappa shape index (κ2) is 31.0. The minimum absolute atomic E-state index is 0.102. The van der Waals surface area contributed by atoms with Gasteiger partial charge in [0.2, 0.25) is 0 Å². The maximum absolute atomic E-state index is 12.7. The first-order chi connectivity index (χ1) is 25.4. The van der Waals surface area contributed by atoms with Crippen LogP contribution in [0.15, 0.2) is 0 Å². The Morgan fingerprint density at radius 1 is 0.509 bits per heavy atom. The smallest absolute Gasteiger partial charge is 0.462 e. The molecule has 0 aliphatic heterocycles. The van der Waals surface area contributed by atoms with Crippen LogP contribution in [0.4, 0.5) is 0 Å². The molecule has 1 fully saturated rings. The van der Waals surface area contributed by atoms with E-state index in [0.29, 0.717) is 12.8 Å². The average molecular weight is 783 g/mol. The summed E-state index contributed by atoms with van der Waals surface area (Å²) < 4.78 is 33.3. The summed E-state index contributed by atoms with van der Waals surface area (Å²) in [5, 5.41) is 49.9. The Labute approximate surface area is 319 Å². The molecule has 1 aliphatic rings. The number of ether oxygens (including phenoxy) is 2. The normalized spacial score (nSPS) is 23.4. The molecule has 0 spiro atoms. The predicted molar refractivity (Wildman–Crippen MR) is 203 cm³/mol. The van der Waals surface area contributed by atoms with Gasteiger partial charge in [0.1, 0.15) is 43.2 Å². The van der Waals surface area contributed by atoms with Crippen LogP contribution < -0.4 is 0 Å². The van der Waals surface area contributed by atoms with E-state index in [-0.39, 0.29) is 12.8 Å². The van der Waals surface area contributed by atoms with Gasteiger partial charge in [-0.3, -0.25) is 18.6 Å². The predicted octanol–water partition coefficient (Wildman–Crippen LogP) is 6.94. The highest BCUT2D eigenvalue weighted by Crippen LogP contribution is 2.47. The number of unbranched alkanes of at least 4 members (excludes halogenated alkanes) is 22. The molecule has 0 aromatic carbocycles. The van der Waals surface area contributed by atoms with Crippen molar-refractivity contribution in [2.45, 2.75) is 224 Å². The number of rotatable bonds is 34. The monoisotopic (exact) mass is 782 g/mol. The third-order valence-electron chi connectivity index (χ3n) is 9.95. The fraction of sp³-hybridized carbons (Fsp3) is 0.949. The Hall–Kier alpha value is -1.15. The van der Waals surface area contributed by atoms with Crippen molar-refractivity contribution < 1.29 is 63.1 Å². The molecule has 1 rings (SSSR count). The van der Waals surface area contributed by atoms with E-state index < -0.39 is 75.7 Å². The molecule has 6 N–H and O–H groups in total. The molecule has 0 saturated heterocycles. The summed E-state index contributed by atoms with van der Waals surface area (Å²) in [6.07, 6.45) is 14.7. The number of phosphoric acid groups is 1. The molecule has 6 unspecified atom stereocenters. The number of aliphatic hydroxyl groups is 5. The minimum atomic E-state index is -5.10. The minimum Gasteiger partial charge on any atom is -0.462 e. The standard InChI is InChI=1S/C39H75O13P/c1-3-5-7-9-11-13-14-15-16-17-18-20-21-23-25-27-32(40)49-29-31(51-33(41)28-26-24-22-19-12-10-8-6-4-2)30-50-53(47,48)52-39-37(45)35(43)34(42)36(44)38(39)46/h31,34-39,42-46H,3-30H2,1-2H3,(H,47,48)/t31-,34?,35-,36?,37?,38?,39?/m0/s1. The molecule has 1 aliphatic carbocycles. The van der Waals surface area contributed by atoms with Crippen molar-refractivity contribution in [1.29, 1.82) is 0 Å². The van der Waals surface area contributed by atoms with Crippen LogP contribution in [-0.4, -0.2) is 98.3 Å². The lowest BCUT2D eigenvalue weighted by Gasteiger charge is -2.41. The van der Waals surface area contributed by atoms with Crippen LogP contribution in [-0.2, 0) is 32.7 Å². The summed E-state index contributed by atoms with van der Waals surface area (Å²) in [5.41, 5.74) is 0. The van der Waals surface area contributed by atoms with E-state index in [1.165, 1.54) is 96.3 Å². The molecular weight excluding hydrogens is 707 g/mol. The summed E-state index contributed by atoms with van der Waals surface area (Å²) >= 11 is 0. The molecule has 0 radical (unpaired) electrons. The van der Waals surface area contributed by atoms with E-state index in [1.54, 1.807) is 0 Å². The second-order valence-corrected chi connectivity index (χ2v) is 16.3. The third-order valence-corrected chi connectivity index (χ3v) is 10.9. The Morgan fingerprint density at radius 3 is 1.25 bits per heavy atom. The third kappa shape index (κ3) is 24.2.